The van der Waals surface area contributed by atoms with Gasteiger partial charge in [-0.1, -0.05) is 12.2 Å². The highest BCUT2D eigenvalue weighted by atomic mass is 35.5. The lowest BCUT2D eigenvalue weighted by molar-refractivity contribution is 0.716. The van der Waals surface area contributed by atoms with Gasteiger partial charge < -0.3 is 5.32 Å². The molecular weight excluding hydrogens is 122 g/mol. The molecule has 48 valence electrons. The lowest BCUT2D eigenvalue weighted by Crippen LogP contribution is -2.13. The van der Waals surface area contributed by atoms with Crippen LogP contribution in [-0.4, -0.2) is 13.1 Å². The summed E-state index contributed by atoms with van der Waals surface area (Å²) < 4.78 is 0. The molecule has 1 rings (SSSR count). The van der Waals surface area contributed by atoms with Crippen molar-refractivity contribution in [2.75, 3.05) is 13.1 Å². The van der Waals surface area contributed by atoms with Crippen LogP contribution in [-0.2, 0) is 0 Å². The Balaban J connectivity index is 0.000000490. The Bertz CT molecular complexity index is 62.9. The molecule has 0 amide bonds. The predicted octanol–water partition coefficient (Wildman–Crippen LogP) is 1.35. The predicted molar refractivity (Wildman–Crippen MR) is 38.5 cm³/mol. The van der Waals surface area contributed by atoms with Gasteiger partial charge in [0.25, 0.3) is 0 Å². The highest BCUT2D eigenvalue weighted by molar-refractivity contribution is 5.85. The van der Waals surface area contributed by atoms with E-state index in [4.69, 9.17) is 0 Å². The molecule has 0 radical (unpaired) electrons. The first-order chi connectivity index (χ1) is 3.50. The molecule has 0 aromatic heterocycles. The van der Waals surface area contributed by atoms with Crippen LogP contribution in [0.2, 0.25) is 0 Å². The molecule has 1 aliphatic rings. The minimum absolute atomic E-state index is 0. The zero-order valence-electron chi connectivity index (χ0n) is 4.89. The summed E-state index contributed by atoms with van der Waals surface area (Å²) in [5.74, 6) is 0. The summed E-state index contributed by atoms with van der Waals surface area (Å²) in [5, 5.41) is 3.28. The number of halogens is 1. The summed E-state index contributed by atoms with van der Waals surface area (Å²) in [5.41, 5.74) is 0. The average molecular weight is 134 g/mol. The van der Waals surface area contributed by atoms with Gasteiger partial charge in [0.2, 0.25) is 0 Å². The van der Waals surface area contributed by atoms with E-state index in [0.717, 1.165) is 13.1 Å². The summed E-state index contributed by atoms with van der Waals surface area (Å²) in [4.78, 5) is 0. The lowest BCUT2D eigenvalue weighted by atomic mass is 10.4. The average Bonchev–Trinajstić information content (AvgIpc) is 1.90. The summed E-state index contributed by atoms with van der Waals surface area (Å²) in [6, 6.07) is 0. The highest BCUT2D eigenvalue weighted by Crippen LogP contribution is 1.89. The van der Waals surface area contributed by atoms with Gasteiger partial charge in [-0.3, -0.25) is 0 Å². The molecule has 0 unspecified atom stereocenters. The van der Waals surface area contributed by atoms with Crippen molar-refractivity contribution in [2.45, 2.75) is 12.8 Å². The van der Waals surface area contributed by atoms with Crippen molar-refractivity contribution in [1.29, 1.82) is 0 Å². The van der Waals surface area contributed by atoms with E-state index >= 15 is 0 Å². The molecule has 8 heavy (non-hydrogen) atoms. The van der Waals surface area contributed by atoms with Crippen LogP contribution in [0, 0.1) is 0 Å². The molecule has 0 atom stereocenters. The van der Waals surface area contributed by atoms with Gasteiger partial charge in [-0.2, -0.15) is 0 Å². The fraction of sp³-hybridized carbons (Fsp3) is 0.667. The second kappa shape index (κ2) is 5.13. The van der Waals surface area contributed by atoms with Crippen molar-refractivity contribution in [3.63, 3.8) is 0 Å². The second-order valence-corrected chi connectivity index (χ2v) is 1.80. The topological polar surface area (TPSA) is 12.0 Å². The molecule has 0 saturated heterocycles. The summed E-state index contributed by atoms with van der Waals surface area (Å²) >= 11 is 0. The van der Waals surface area contributed by atoms with Crippen LogP contribution in [0.4, 0.5) is 0 Å². The summed E-state index contributed by atoms with van der Waals surface area (Å²) in [6.07, 6.45) is 6.89. The Morgan fingerprint density at radius 2 is 1.50 bits per heavy atom. The Kier molecular flexibility index (Phi) is 5.13. The van der Waals surface area contributed by atoms with E-state index in [2.05, 4.69) is 17.5 Å². The van der Waals surface area contributed by atoms with Crippen molar-refractivity contribution in [2.24, 2.45) is 0 Å². The van der Waals surface area contributed by atoms with Crippen molar-refractivity contribution >= 4 is 12.4 Å². The maximum Gasteiger partial charge on any atom is -0.00141 e. The van der Waals surface area contributed by atoms with Gasteiger partial charge in [-0.15, -0.1) is 12.4 Å². The Hall–Kier alpha value is -0.0100. The van der Waals surface area contributed by atoms with Crippen LogP contribution >= 0.6 is 12.4 Å². The quantitative estimate of drug-likeness (QED) is 0.492. The third-order valence-electron chi connectivity index (χ3n) is 1.14. The van der Waals surface area contributed by atoms with Gasteiger partial charge in [0.1, 0.15) is 0 Å². The normalized spacial score (nSPS) is 19.0. The zero-order chi connectivity index (χ0) is 4.95. The first-order valence-electron chi connectivity index (χ1n) is 2.86. The molecule has 0 fully saturated rings. The van der Waals surface area contributed by atoms with Crippen LogP contribution in [0.1, 0.15) is 12.8 Å². The largest absolute Gasteiger partial charge is 0.316 e. The molecule has 0 aromatic rings. The number of rotatable bonds is 0. The van der Waals surface area contributed by atoms with Gasteiger partial charge in [0.05, 0.1) is 0 Å². The molecule has 0 spiro atoms. The van der Waals surface area contributed by atoms with Crippen LogP contribution in [0.5, 0.6) is 0 Å². The molecule has 1 aliphatic heterocycles. The molecule has 2 heteroatoms. The van der Waals surface area contributed by atoms with E-state index in [9.17, 15) is 0 Å². The maximum absolute atomic E-state index is 3.28. The molecular formula is C6H12ClN. The standard InChI is InChI=1S/C6H11N.ClH/c1-2-4-6-7-5-3-1;/h1-2,7H,3-6H2;1H. The Morgan fingerprint density at radius 3 is 2.00 bits per heavy atom. The van der Waals surface area contributed by atoms with Crippen molar-refractivity contribution in [3.05, 3.63) is 12.2 Å². The minimum Gasteiger partial charge on any atom is -0.316 e. The van der Waals surface area contributed by atoms with E-state index in [-0.39, 0.29) is 12.4 Å². The molecule has 1 nitrogen and oxygen atoms in total. The molecule has 1 heterocycles. The van der Waals surface area contributed by atoms with Crippen LogP contribution < -0.4 is 5.32 Å². The van der Waals surface area contributed by atoms with E-state index in [1.54, 1.807) is 0 Å². The molecule has 0 aromatic carbocycles. The van der Waals surface area contributed by atoms with Gasteiger partial charge in [-0.05, 0) is 25.9 Å². The number of nitrogens with one attached hydrogen (secondary N) is 1. The van der Waals surface area contributed by atoms with Crippen LogP contribution in [0.3, 0.4) is 0 Å². The van der Waals surface area contributed by atoms with E-state index in [0.29, 0.717) is 0 Å². The fourth-order valence-corrected chi connectivity index (χ4v) is 0.731. The van der Waals surface area contributed by atoms with E-state index in [1.165, 1.54) is 12.8 Å². The van der Waals surface area contributed by atoms with Gasteiger partial charge in [0, 0.05) is 0 Å². The third kappa shape index (κ3) is 3.05. The first-order valence-corrected chi connectivity index (χ1v) is 2.86. The molecule has 0 bridgehead atoms. The first kappa shape index (κ1) is 7.99. The smallest absolute Gasteiger partial charge is 0.00141 e. The molecule has 0 saturated carbocycles. The minimum atomic E-state index is 0. The summed E-state index contributed by atoms with van der Waals surface area (Å²) in [7, 11) is 0. The molecule has 1 N–H and O–H groups in total. The van der Waals surface area contributed by atoms with Crippen LogP contribution in [0.15, 0.2) is 12.2 Å². The van der Waals surface area contributed by atoms with Crippen molar-refractivity contribution < 1.29 is 0 Å². The monoisotopic (exact) mass is 133 g/mol. The number of hydrogen-bond acceptors (Lipinski definition) is 1. The van der Waals surface area contributed by atoms with E-state index < -0.39 is 0 Å². The summed E-state index contributed by atoms with van der Waals surface area (Å²) in [6.45, 7) is 2.33. The van der Waals surface area contributed by atoms with Crippen molar-refractivity contribution in [1.82, 2.24) is 5.32 Å². The number of hydrogen-bond donors (Lipinski definition) is 1. The highest BCUT2D eigenvalue weighted by Gasteiger charge is 1.86. The fourth-order valence-electron chi connectivity index (χ4n) is 0.731. The Labute approximate surface area is 56.6 Å². The second-order valence-electron chi connectivity index (χ2n) is 1.80. The molecule has 0 aliphatic carbocycles. The third-order valence-corrected chi connectivity index (χ3v) is 1.14. The van der Waals surface area contributed by atoms with Crippen molar-refractivity contribution in [3.8, 4) is 0 Å². The SMILES string of the molecule is C1=CCCNCC1.Cl. The Morgan fingerprint density at radius 1 is 1.00 bits per heavy atom. The zero-order valence-corrected chi connectivity index (χ0v) is 5.71. The van der Waals surface area contributed by atoms with Gasteiger partial charge in [-0.25, -0.2) is 0 Å². The van der Waals surface area contributed by atoms with Crippen LogP contribution in [0.25, 0.3) is 0 Å². The maximum atomic E-state index is 3.28. The van der Waals surface area contributed by atoms with E-state index in [1.807, 2.05) is 0 Å². The van der Waals surface area contributed by atoms with Gasteiger partial charge >= 0.3 is 0 Å². The lowest BCUT2D eigenvalue weighted by Gasteiger charge is -1.92. The van der Waals surface area contributed by atoms with Gasteiger partial charge in [0.15, 0.2) is 0 Å².